The van der Waals surface area contributed by atoms with Crippen LogP contribution in [0.2, 0.25) is 0 Å². The summed E-state index contributed by atoms with van der Waals surface area (Å²) in [5.41, 5.74) is 2.25. The van der Waals surface area contributed by atoms with E-state index in [4.69, 9.17) is 5.26 Å². The van der Waals surface area contributed by atoms with Crippen LogP contribution < -0.4 is 10.6 Å². The summed E-state index contributed by atoms with van der Waals surface area (Å²) < 4.78 is 0. The van der Waals surface area contributed by atoms with Crippen molar-refractivity contribution in [2.75, 3.05) is 10.6 Å². The molecule has 0 aliphatic rings. The molecular weight excluding hydrogens is 250 g/mol. The highest BCUT2D eigenvalue weighted by molar-refractivity contribution is 5.60. The molecule has 2 aromatic rings. The van der Waals surface area contributed by atoms with E-state index in [-0.39, 0.29) is 0 Å². The topological polar surface area (TPSA) is 73.6 Å². The lowest BCUT2D eigenvalue weighted by Gasteiger charge is -2.10. The van der Waals surface area contributed by atoms with Gasteiger partial charge < -0.3 is 5.32 Å². The molecule has 2 rings (SSSR count). The maximum atomic E-state index is 8.63. The summed E-state index contributed by atoms with van der Waals surface area (Å²) in [6.07, 6.45) is 1.85. The van der Waals surface area contributed by atoms with Gasteiger partial charge in [-0.25, -0.2) is 9.97 Å². The molecule has 20 heavy (non-hydrogen) atoms. The second kappa shape index (κ2) is 6.02. The van der Waals surface area contributed by atoms with E-state index in [1.165, 1.54) is 5.56 Å². The van der Waals surface area contributed by atoms with Crippen molar-refractivity contribution < 1.29 is 0 Å². The SMILES string of the molecule is Cc1nc(NC#N)cc(Nc2ccc(C(C)C)cc2)n1. The lowest BCUT2D eigenvalue weighted by molar-refractivity contribution is 0.867. The van der Waals surface area contributed by atoms with Crippen LogP contribution in [0, 0.1) is 18.4 Å². The molecule has 0 atom stereocenters. The number of anilines is 3. The fourth-order valence-corrected chi connectivity index (χ4v) is 1.85. The minimum Gasteiger partial charge on any atom is -0.340 e. The van der Waals surface area contributed by atoms with Gasteiger partial charge in [0.15, 0.2) is 6.19 Å². The molecule has 0 aliphatic carbocycles. The summed E-state index contributed by atoms with van der Waals surface area (Å²) in [7, 11) is 0. The second-order valence-electron chi connectivity index (χ2n) is 4.82. The Bertz CT molecular complexity index is 626. The molecule has 0 bridgehead atoms. The molecule has 0 radical (unpaired) electrons. The van der Waals surface area contributed by atoms with Crippen LogP contribution in [0.4, 0.5) is 17.3 Å². The Balaban J connectivity index is 2.19. The van der Waals surface area contributed by atoms with Gasteiger partial charge in [-0.1, -0.05) is 26.0 Å². The number of hydrogen-bond acceptors (Lipinski definition) is 5. The van der Waals surface area contributed by atoms with E-state index in [1.807, 2.05) is 18.3 Å². The van der Waals surface area contributed by atoms with E-state index < -0.39 is 0 Å². The van der Waals surface area contributed by atoms with Gasteiger partial charge in [-0.05, 0) is 30.5 Å². The van der Waals surface area contributed by atoms with Gasteiger partial charge >= 0.3 is 0 Å². The van der Waals surface area contributed by atoms with Crippen molar-refractivity contribution in [2.45, 2.75) is 26.7 Å². The van der Waals surface area contributed by atoms with Crippen molar-refractivity contribution in [1.82, 2.24) is 9.97 Å². The fourth-order valence-electron chi connectivity index (χ4n) is 1.85. The molecule has 0 unspecified atom stereocenters. The quantitative estimate of drug-likeness (QED) is 0.654. The minimum atomic E-state index is 0.487. The standard InChI is InChI=1S/C15H17N5/c1-10(2)12-4-6-13(7-5-12)20-15-8-14(17-9-16)18-11(3)19-15/h4-8,10H,1-3H3,(H2,17,18,19,20). The molecule has 5 heteroatoms. The number of hydrogen-bond donors (Lipinski definition) is 2. The number of benzene rings is 1. The van der Waals surface area contributed by atoms with Gasteiger partial charge in [0.25, 0.3) is 0 Å². The van der Waals surface area contributed by atoms with Gasteiger partial charge in [0.1, 0.15) is 17.5 Å². The third kappa shape index (κ3) is 3.45. The van der Waals surface area contributed by atoms with Gasteiger partial charge in [0.05, 0.1) is 0 Å². The van der Waals surface area contributed by atoms with Crippen LogP contribution in [-0.2, 0) is 0 Å². The Kier molecular flexibility index (Phi) is 4.16. The molecule has 1 heterocycles. The van der Waals surface area contributed by atoms with Crippen LogP contribution in [0.3, 0.4) is 0 Å². The minimum absolute atomic E-state index is 0.487. The molecule has 1 aromatic heterocycles. The van der Waals surface area contributed by atoms with Gasteiger partial charge in [0, 0.05) is 11.8 Å². The molecule has 102 valence electrons. The first kappa shape index (κ1) is 13.8. The van der Waals surface area contributed by atoms with Gasteiger partial charge in [-0.15, -0.1) is 0 Å². The smallest absolute Gasteiger partial charge is 0.182 e. The first-order valence-corrected chi connectivity index (χ1v) is 6.46. The highest BCUT2D eigenvalue weighted by Gasteiger charge is 2.03. The van der Waals surface area contributed by atoms with Crippen LogP contribution in [0.15, 0.2) is 30.3 Å². The van der Waals surface area contributed by atoms with Crippen molar-refractivity contribution in [3.05, 3.63) is 41.7 Å². The Morgan fingerprint density at radius 1 is 1.10 bits per heavy atom. The van der Waals surface area contributed by atoms with E-state index in [0.29, 0.717) is 23.4 Å². The number of nitriles is 1. The van der Waals surface area contributed by atoms with E-state index in [0.717, 1.165) is 5.69 Å². The van der Waals surface area contributed by atoms with Crippen molar-refractivity contribution in [2.24, 2.45) is 0 Å². The molecule has 0 saturated heterocycles. The van der Waals surface area contributed by atoms with Crippen LogP contribution in [0.5, 0.6) is 0 Å². The summed E-state index contributed by atoms with van der Waals surface area (Å²) in [5, 5.41) is 14.4. The van der Waals surface area contributed by atoms with Crippen molar-refractivity contribution in [3.8, 4) is 6.19 Å². The molecule has 0 aliphatic heterocycles. The number of nitrogens with one attached hydrogen (secondary N) is 2. The van der Waals surface area contributed by atoms with Crippen LogP contribution in [-0.4, -0.2) is 9.97 Å². The summed E-state index contributed by atoms with van der Waals surface area (Å²) in [5.74, 6) is 2.26. The lowest BCUT2D eigenvalue weighted by atomic mass is 10.0. The van der Waals surface area contributed by atoms with Crippen LogP contribution in [0.1, 0.15) is 31.2 Å². The number of aromatic nitrogens is 2. The molecule has 0 spiro atoms. The van der Waals surface area contributed by atoms with E-state index in [2.05, 4.69) is 46.6 Å². The Hall–Kier alpha value is -2.61. The highest BCUT2D eigenvalue weighted by Crippen LogP contribution is 2.20. The second-order valence-corrected chi connectivity index (χ2v) is 4.82. The molecular formula is C15H17N5. The predicted octanol–water partition coefficient (Wildman–Crippen LogP) is 3.55. The largest absolute Gasteiger partial charge is 0.340 e. The average Bonchev–Trinajstić information content (AvgIpc) is 2.39. The summed E-state index contributed by atoms with van der Waals surface area (Å²) in [4.78, 5) is 8.42. The molecule has 0 fully saturated rings. The van der Waals surface area contributed by atoms with Crippen LogP contribution >= 0.6 is 0 Å². The number of rotatable bonds is 4. The summed E-state index contributed by atoms with van der Waals surface area (Å²) >= 11 is 0. The average molecular weight is 267 g/mol. The summed E-state index contributed by atoms with van der Waals surface area (Å²) in [6.45, 7) is 6.11. The highest BCUT2D eigenvalue weighted by atomic mass is 15.1. The number of nitrogens with zero attached hydrogens (tertiary/aromatic N) is 3. The normalized spacial score (nSPS) is 10.2. The third-order valence-corrected chi connectivity index (χ3v) is 2.87. The van der Waals surface area contributed by atoms with E-state index in [1.54, 1.807) is 13.0 Å². The third-order valence-electron chi connectivity index (χ3n) is 2.87. The first-order valence-electron chi connectivity index (χ1n) is 6.46. The molecule has 0 amide bonds. The van der Waals surface area contributed by atoms with Crippen molar-refractivity contribution in [3.63, 3.8) is 0 Å². The van der Waals surface area contributed by atoms with E-state index >= 15 is 0 Å². The van der Waals surface area contributed by atoms with Gasteiger partial charge in [0.2, 0.25) is 0 Å². The zero-order chi connectivity index (χ0) is 14.5. The monoisotopic (exact) mass is 267 g/mol. The fraction of sp³-hybridized carbons (Fsp3) is 0.267. The number of aryl methyl sites for hydroxylation is 1. The first-order chi connectivity index (χ1) is 9.58. The Morgan fingerprint density at radius 3 is 2.35 bits per heavy atom. The Labute approximate surface area is 118 Å². The zero-order valence-corrected chi connectivity index (χ0v) is 11.8. The maximum Gasteiger partial charge on any atom is 0.182 e. The molecule has 5 nitrogen and oxygen atoms in total. The van der Waals surface area contributed by atoms with Gasteiger partial charge in [-0.3, -0.25) is 5.32 Å². The molecule has 1 aromatic carbocycles. The van der Waals surface area contributed by atoms with Crippen LogP contribution in [0.25, 0.3) is 0 Å². The van der Waals surface area contributed by atoms with Crippen molar-refractivity contribution >= 4 is 17.3 Å². The Morgan fingerprint density at radius 2 is 1.75 bits per heavy atom. The maximum absolute atomic E-state index is 8.63. The summed E-state index contributed by atoms with van der Waals surface area (Å²) in [6, 6.07) is 9.92. The zero-order valence-electron chi connectivity index (χ0n) is 11.8. The van der Waals surface area contributed by atoms with E-state index in [9.17, 15) is 0 Å². The van der Waals surface area contributed by atoms with Gasteiger partial charge in [-0.2, -0.15) is 5.26 Å². The lowest BCUT2D eigenvalue weighted by Crippen LogP contribution is -2.01. The van der Waals surface area contributed by atoms with Crippen molar-refractivity contribution in [1.29, 1.82) is 5.26 Å². The predicted molar refractivity (Wildman–Crippen MR) is 79.8 cm³/mol. The molecule has 2 N–H and O–H groups in total. The molecule has 0 saturated carbocycles.